The number of nitrogens with one attached hydrogen (secondary N) is 1. The summed E-state index contributed by atoms with van der Waals surface area (Å²) in [5.41, 5.74) is -0.519. The zero-order valence-electron chi connectivity index (χ0n) is 12.5. The Hall–Kier alpha value is -1.36. The lowest BCUT2D eigenvalue weighted by atomic mass is 9.85. The summed E-state index contributed by atoms with van der Waals surface area (Å²) in [7, 11) is 0. The van der Waals surface area contributed by atoms with Gasteiger partial charge in [0.25, 0.3) is 0 Å². The van der Waals surface area contributed by atoms with E-state index in [1.165, 1.54) is 9.75 Å². The Balaban J connectivity index is 2.43. The maximum absolute atomic E-state index is 11.9. The predicted octanol–water partition coefficient (Wildman–Crippen LogP) is 2.99. The molecule has 4 nitrogen and oxygen atoms in total. The first kappa shape index (κ1) is 16.7. The van der Waals surface area contributed by atoms with Crippen LogP contribution in [0.5, 0.6) is 0 Å². The molecule has 0 aliphatic carbocycles. The highest BCUT2D eigenvalue weighted by atomic mass is 32.1. The average molecular weight is 297 g/mol. The van der Waals surface area contributed by atoms with Crippen LogP contribution in [0.4, 0.5) is 0 Å². The molecule has 1 heterocycles. The normalized spacial score (nSPS) is 13.0. The number of thiophene rings is 1. The van der Waals surface area contributed by atoms with E-state index in [9.17, 15) is 9.59 Å². The second kappa shape index (κ2) is 6.88. The van der Waals surface area contributed by atoms with Gasteiger partial charge in [-0.1, -0.05) is 13.8 Å². The molecule has 0 aliphatic rings. The standard InChI is InChI=1S/C15H23NO3S/c1-10(7-12-6-5-11(2)20-12)16-13(17)8-15(3,4)9-14(18)19/h5-6,10H,7-9H2,1-4H3,(H,16,17)(H,18,19). The molecule has 20 heavy (non-hydrogen) atoms. The topological polar surface area (TPSA) is 66.4 Å². The van der Waals surface area contributed by atoms with E-state index in [1.54, 1.807) is 25.2 Å². The van der Waals surface area contributed by atoms with E-state index in [0.717, 1.165) is 6.42 Å². The Morgan fingerprint density at radius 1 is 1.35 bits per heavy atom. The first-order chi connectivity index (χ1) is 9.18. The number of amides is 1. The summed E-state index contributed by atoms with van der Waals surface area (Å²) in [5.74, 6) is -0.957. The van der Waals surface area contributed by atoms with Gasteiger partial charge in [-0.15, -0.1) is 11.3 Å². The molecule has 1 aromatic heterocycles. The van der Waals surface area contributed by atoms with Crippen molar-refractivity contribution in [1.82, 2.24) is 5.32 Å². The fraction of sp³-hybridized carbons (Fsp3) is 0.600. The van der Waals surface area contributed by atoms with Crippen molar-refractivity contribution in [2.24, 2.45) is 5.41 Å². The van der Waals surface area contributed by atoms with E-state index >= 15 is 0 Å². The van der Waals surface area contributed by atoms with Gasteiger partial charge < -0.3 is 10.4 Å². The molecule has 0 saturated heterocycles. The van der Waals surface area contributed by atoms with Crippen LogP contribution in [0.25, 0.3) is 0 Å². The summed E-state index contributed by atoms with van der Waals surface area (Å²) in [5, 5.41) is 11.8. The summed E-state index contributed by atoms with van der Waals surface area (Å²) in [6, 6.07) is 4.21. The number of carbonyl (C=O) groups is 2. The van der Waals surface area contributed by atoms with Gasteiger partial charge in [-0.05, 0) is 31.4 Å². The molecule has 1 rings (SSSR count). The number of rotatable bonds is 7. The Kier molecular flexibility index (Phi) is 5.74. The molecule has 1 atom stereocenters. The summed E-state index contributed by atoms with van der Waals surface area (Å²) < 4.78 is 0. The zero-order valence-corrected chi connectivity index (χ0v) is 13.3. The first-order valence-corrected chi connectivity index (χ1v) is 7.56. The van der Waals surface area contributed by atoms with Crippen molar-refractivity contribution in [3.8, 4) is 0 Å². The molecule has 112 valence electrons. The molecule has 1 aromatic rings. The number of aryl methyl sites for hydroxylation is 1. The Labute approximate surface area is 124 Å². The molecular weight excluding hydrogens is 274 g/mol. The lowest BCUT2D eigenvalue weighted by Gasteiger charge is -2.23. The van der Waals surface area contributed by atoms with Gasteiger partial charge in [0, 0.05) is 28.6 Å². The molecule has 1 amide bonds. The van der Waals surface area contributed by atoms with Crippen LogP contribution in [-0.4, -0.2) is 23.0 Å². The van der Waals surface area contributed by atoms with Gasteiger partial charge in [-0.2, -0.15) is 0 Å². The number of aliphatic carboxylic acids is 1. The van der Waals surface area contributed by atoms with Crippen LogP contribution in [0, 0.1) is 12.3 Å². The molecule has 0 aliphatic heterocycles. The van der Waals surface area contributed by atoms with Gasteiger partial charge in [0.05, 0.1) is 6.42 Å². The number of carboxylic acids is 1. The molecule has 0 radical (unpaired) electrons. The minimum atomic E-state index is -0.870. The second-order valence-electron chi connectivity index (χ2n) is 6.10. The Bertz CT molecular complexity index is 479. The van der Waals surface area contributed by atoms with Gasteiger partial charge in [-0.25, -0.2) is 0 Å². The van der Waals surface area contributed by atoms with Gasteiger partial charge in [0.15, 0.2) is 0 Å². The fourth-order valence-electron chi connectivity index (χ4n) is 2.18. The van der Waals surface area contributed by atoms with Crippen molar-refractivity contribution in [3.63, 3.8) is 0 Å². The largest absolute Gasteiger partial charge is 0.481 e. The summed E-state index contributed by atoms with van der Waals surface area (Å²) in [4.78, 5) is 25.2. The number of hydrogen-bond donors (Lipinski definition) is 2. The van der Waals surface area contributed by atoms with Gasteiger partial charge in [0.1, 0.15) is 0 Å². The van der Waals surface area contributed by atoms with Gasteiger partial charge in [0.2, 0.25) is 5.91 Å². The van der Waals surface area contributed by atoms with Crippen LogP contribution < -0.4 is 5.32 Å². The van der Waals surface area contributed by atoms with Gasteiger partial charge in [-0.3, -0.25) is 9.59 Å². The third kappa shape index (κ3) is 6.19. The summed E-state index contributed by atoms with van der Waals surface area (Å²) >= 11 is 1.74. The Morgan fingerprint density at radius 3 is 2.50 bits per heavy atom. The van der Waals surface area contributed by atoms with Crippen LogP contribution in [-0.2, 0) is 16.0 Å². The maximum atomic E-state index is 11.9. The highest BCUT2D eigenvalue weighted by Gasteiger charge is 2.25. The molecule has 1 unspecified atom stereocenters. The van der Waals surface area contributed by atoms with Gasteiger partial charge >= 0.3 is 5.97 Å². The van der Waals surface area contributed by atoms with E-state index < -0.39 is 11.4 Å². The molecule has 0 fully saturated rings. The molecule has 0 bridgehead atoms. The predicted molar refractivity (Wildman–Crippen MR) is 81.0 cm³/mol. The third-order valence-corrected chi connectivity index (χ3v) is 4.00. The van der Waals surface area contributed by atoms with Crippen LogP contribution in [0.2, 0.25) is 0 Å². The minimum absolute atomic E-state index is 0.00107. The van der Waals surface area contributed by atoms with Crippen molar-refractivity contribution < 1.29 is 14.7 Å². The first-order valence-electron chi connectivity index (χ1n) is 6.74. The van der Waals surface area contributed by atoms with Crippen LogP contribution in [0.15, 0.2) is 12.1 Å². The zero-order chi connectivity index (χ0) is 15.3. The molecular formula is C15H23NO3S. The minimum Gasteiger partial charge on any atom is -0.481 e. The van der Waals surface area contributed by atoms with E-state index in [1.807, 2.05) is 6.92 Å². The van der Waals surface area contributed by atoms with Crippen LogP contribution in [0.3, 0.4) is 0 Å². The van der Waals surface area contributed by atoms with Crippen LogP contribution >= 0.6 is 11.3 Å². The van der Waals surface area contributed by atoms with Crippen molar-refractivity contribution in [2.45, 2.75) is 53.0 Å². The second-order valence-corrected chi connectivity index (χ2v) is 7.47. The third-order valence-electron chi connectivity index (χ3n) is 2.98. The van der Waals surface area contributed by atoms with E-state index in [0.29, 0.717) is 0 Å². The SMILES string of the molecule is Cc1ccc(CC(C)NC(=O)CC(C)(C)CC(=O)O)s1. The lowest BCUT2D eigenvalue weighted by Crippen LogP contribution is -2.36. The fourth-order valence-corrected chi connectivity index (χ4v) is 3.20. The molecule has 0 aromatic carbocycles. The Morgan fingerprint density at radius 2 is 2.00 bits per heavy atom. The molecule has 0 saturated carbocycles. The molecule has 5 heteroatoms. The average Bonchev–Trinajstić information content (AvgIpc) is 2.59. The number of hydrogen-bond acceptors (Lipinski definition) is 3. The van der Waals surface area contributed by atoms with Crippen molar-refractivity contribution in [3.05, 3.63) is 21.9 Å². The summed E-state index contributed by atoms with van der Waals surface area (Å²) in [6.45, 7) is 7.63. The molecule has 0 spiro atoms. The highest BCUT2D eigenvalue weighted by Crippen LogP contribution is 2.25. The van der Waals surface area contributed by atoms with Crippen molar-refractivity contribution >= 4 is 23.2 Å². The van der Waals surface area contributed by atoms with Crippen molar-refractivity contribution in [2.75, 3.05) is 0 Å². The smallest absolute Gasteiger partial charge is 0.303 e. The monoisotopic (exact) mass is 297 g/mol. The maximum Gasteiger partial charge on any atom is 0.303 e. The van der Waals surface area contributed by atoms with Crippen LogP contribution in [0.1, 0.15) is 43.4 Å². The lowest BCUT2D eigenvalue weighted by molar-refractivity contribution is -0.139. The van der Waals surface area contributed by atoms with Crippen molar-refractivity contribution in [1.29, 1.82) is 0 Å². The van der Waals surface area contributed by atoms with E-state index in [2.05, 4.69) is 24.4 Å². The molecule has 2 N–H and O–H groups in total. The van der Waals surface area contributed by atoms with E-state index in [4.69, 9.17) is 5.11 Å². The number of carbonyl (C=O) groups excluding carboxylic acids is 1. The number of carboxylic acid groups (broad SMARTS) is 1. The highest BCUT2D eigenvalue weighted by molar-refractivity contribution is 7.11. The van der Waals surface area contributed by atoms with E-state index in [-0.39, 0.29) is 24.8 Å². The summed E-state index contributed by atoms with van der Waals surface area (Å²) in [6.07, 6.45) is 1.04. The quantitative estimate of drug-likeness (QED) is 0.813.